The summed E-state index contributed by atoms with van der Waals surface area (Å²) < 4.78 is 6.08. The zero-order valence-electron chi connectivity index (χ0n) is 11.8. The molecule has 0 atom stereocenters. The lowest BCUT2D eigenvalue weighted by Gasteiger charge is -2.23. The lowest BCUT2D eigenvalue weighted by molar-refractivity contribution is 0.483. The van der Waals surface area contributed by atoms with E-state index < -0.39 is 0 Å². The molecule has 0 bridgehead atoms. The molecule has 1 heterocycles. The summed E-state index contributed by atoms with van der Waals surface area (Å²) in [6, 6.07) is 16.6. The van der Waals surface area contributed by atoms with Crippen LogP contribution in [0.25, 0.3) is 0 Å². The van der Waals surface area contributed by atoms with E-state index in [1.165, 1.54) is 11.3 Å². The number of rotatable bonds is 4. The summed E-state index contributed by atoms with van der Waals surface area (Å²) >= 11 is 0. The van der Waals surface area contributed by atoms with Crippen LogP contribution in [0.4, 0.5) is 5.69 Å². The van der Waals surface area contributed by atoms with Crippen molar-refractivity contribution in [2.75, 3.05) is 25.0 Å². The molecule has 1 aliphatic rings. The van der Waals surface area contributed by atoms with Gasteiger partial charge in [-0.25, -0.2) is 0 Å². The monoisotopic (exact) mass is 268 g/mol. The summed E-state index contributed by atoms with van der Waals surface area (Å²) in [6.07, 6.45) is 1.12. The number of benzene rings is 2. The smallest absolute Gasteiger partial charge is 0.150 e. The van der Waals surface area contributed by atoms with Crippen LogP contribution in [0, 0.1) is 0 Å². The first-order valence-corrected chi connectivity index (χ1v) is 7.13. The number of anilines is 1. The molecule has 20 heavy (non-hydrogen) atoms. The van der Waals surface area contributed by atoms with Crippen LogP contribution in [0.1, 0.15) is 12.0 Å². The molecule has 104 valence electrons. The molecule has 0 radical (unpaired) electrons. The Morgan fingerprint density at radius 1 is 1.05 bits per heavy atom. The van der Waals surface area contributed by atoms with Crippen LogP contribution in [0.3, 0.4) is 0 Å². The summed E-state index contributed by atoms with van der Waals surface area (Å²) in [5.41, 5.74) is 2.42. The fraction of sp³-hybridized carbons (Fsp3) is 0.294. The SMILES string of the molecule is CNCCCN1Cc2ccccc2Oc2ccccc21. The van der Waals surface area contributed by atoms with E-state index >= 15 is 0 Å². The Morgan fingerprint density at radius 2 is 1.80 bits per heavy atom. The van der Waals surface area contributed by atoms with Crippen molar-refractivity contribution in [2.45, 2.75) is 13.0 Å². The van der Waals surface area contributed by atoms with Crippen LogP contribution in [0.5, 0.6) is 11.5 Å². The van der Waals surface area contributed by atoms with E-state index in [2.05, 4.69) is 34.5 Å². The summed E-state index contributed by atoms with van der Waals surface area (Å²) in [6.45, 7) is 2.95. The third kappa shape index (κ3) is 2.63. The molecule has 0 fully saturated rings. The Labute approximate surface area is 120 Å². The van der Waals surface area contributed by atoms with Crippen molar-refractivity contribution < 1.29 is 4.74 Å². The summed E-state index contributed by atoms with van der Waals surface area (Å²) in [5, 5.41) is 3.21. The van der Waals surface area contributed by atoms with E-state index in [1.807, 2.05) is 31.3 Å². The number of nitrogens with one attached hydrogen (secondary N) is 1. The average Bonchev–Trinajstić information content (AvgIpc) is 2.64. The van der Waals surface area contributed by atoms with Gasteiger partial charge in [-0.1, -0.05) is 30.3 Å². The predicted octanol–water partition coefficient (Wildman–Crippen LogP) is 3.41. The largest absolute Gasteiger partial charge is 0.455 e. The molecular weight excluding hydrogens is 248 g/mol. The van der Waals surface area contributed by atoms with Crippen molar-refractivity contribution in [1.82, 2.24) is 5.32 Å². The highest BCUT2D eigenvalue weighted by Gasteiger charge is 2.19. The number of hydrogen-bond donors (Lipinski definition) is 1. The summed E-state index contributed by atoms with van der Waals surface area (Å²) in [7, 11) is 1.99. The molecule has 0 aromatic heterocycles. The first kappa shape index (κ1) is 13.0. The minimum absolute atomic E-state index is 0.900. The van der Waals surface area contributed by atoms with Gasteiger partial charge in [-0.15, -0.1) is 0 Å². The van der Waals surface area contributed by atoms with E-state index in [0.717, 1.165) is 37.6 Å². The average molecular weight is 268 g/mol. The van der Waals surface area contributed by atoms with E-state index in [4.69, 9.17) is 4.74 Å². The Kier molecular flexibility index (Phi) is 3.88. The van der Waals surface area contributed by atoms with Gasteiger partial charge in [-0.05, 0) is 38.2 Å². The molecule has 1 N–H and O–H groups in total. The summed E-state index contributed by atoms with van der Waals surface area (Å²) in [4.78, 5) is 2.40. The number of hydrogen-bond acceptors (Lipinski definition) is 3. The highest BCUT2D eigenvalue weighted by atomic mass is 16.5. The van der Waals surface area contributed by atoms with Crippen LogP contribution < -0.4 is 15.0 Å². The minimum Gasteiger partial charge on any atom is -0.455 e. The summed E-state index contributed by atoms with van der Waals surface area (Å²) in [5.74, 6) is 1.91. The lowest BCUT2D eigenvalue weighted by atomic mass is 10.2. The fourth-order valence-electron chi connectivity index (χ4n) is 2.59. The van der Waals surface area contributed by atoms with Gasteiger partial charge in [0.1, 0.15) is 5.75 Å². The molecule has 3 rings (SSSR count). The molecule has 2 aromatic rings. The van der Waals surface area contributed by atoms with Gasteiger partial charge in [-0.3, -0.25) is 0 Å². The maximum absolute atomic E-state index is 6.08. The van der Waals surface area contributed by atoms with Gasteiger partial charge < -0.3 is 15.0 Å². The Hall–Kier alpha value is -2.00. The molecule has 0 spiro atoms. The lowest BCUT2D eigenvalue weighted by Crippen LogP contribution is -2.25. The van der Waals surface area contributed by atoms with Crippen LogP contribution in [0.2, 0.25) is 0 Å². The molecule has 3 nitrogen and oxygen atoms in total. The van der Waals surface area contributed by atoms with Crippen molar-refractivity contribution in [3.8, 4) is 11.5 Å². The molecule has 0 amide bonds. The topological polar surface area (TPSA) is 24.5 Å². The van der Waals surface area contributed by atoms with Gasteiger partial charge in [0, 0.05) is 18.7 Å². The first-order valence-electron chi connectivity index (χ1n) is 7.13. The van der Waals surface area contributed by atoms with Crippen molar-refractivity contribution >= 4 is 5.69 Å². The zero-order chi connectivity index (χ0) is 13.8. The van der Waals surface area contributed by atoms with Crippen molar-refractivity contribution in [3.05, 3.63) is 54.1 Å². The first-order chi connectivity index (χ1) is 9.88. The minimum atomic E-state index is 0.900. The molecule has 0 saturated carbocycles. The quantitative estimate of drug-likeness (QED) is 0.860. The molecule has 0 unspecified atom stereocenters. The molecule has 3 heteroatoms. The van der Waals surface area contributed by atoms with E-state index in [1.54, 1.807) is 0 Å². The van der Waals surface area contributed by atoms with Gasteiger partial charge in [0.15, 0.2) is 5.75 Å². The second-order valence-corrected chi connectivity index (χ2v) is 5.06. The Morgan fingerprint density at radius 3 is 2.65 bits per heavy atom. The fourth-order valence-corrected chi connectivity index (χ4v) is 2.59. The highest BCUT2D eigenvalue weighted by Crippen LogP contribution is 2.38. The van der Waals surface area contributed by atoms with Crippen molar-refractivity contribution in [3.63, 3.8) is 0 Å². The Balaban J connectivity index is 1.93. The third-order valence-electron chi connectivity index (χ3n) is 3.61. The second-order valence-electron chi connectivity index (χ2n) is 5.06. The van der Waals surface area contributed by atoms with E-state index in [9.17, 15) is 0 Å². The maximum Gasteiger partial charge on any atom is 0.150 e. The van der Waals surface area contributed by atoms with Crippen LogP contribution in [-0.2, 0) is 6.54 Å². The zero-order valence-corrected chi connectivity index (χ0v) is 11.8. The second kappa shape index (κ2) is 5.97. The Bertz CT molecular complexity index is 583. The van der Waals surface area contributed by atoms with Crippen LogP contribution in [0.15, 0.2) is 48.5 Å². The number of ether oxygens (including phenoxy) is 1. The van der Waals surface area contributed by atoms with Gasteiger partial charge in [-0.2, -0.15) is 0 Å². The predicted molar refractivity (Wildman–Crippen MR) is 82.6 cm³/mol. The van der Waals surface area contributed by atoms with Gasteiger partial charge in [0.25, 0.3) is 0 Å². The number of para-hydroxylation sites is 3. The molecule has 0 saturated heterocycles. The van der Waals surface area contributed by atoms with Crippen molar-refractivity contribution in [2.24, 2.45) is 0 Å². The third-order valence-corrected chi connectivity index (χ3v) is 3.61. The van der Waals surface area contributed by atoms with Crippen molar-refractivity contribution in [1.29, 1.82) is 0 Å². The van der Waals surface area contributed by atoms with Gasteiger partial charge in [0.05, 0.1) is 5.69 Å². The molecule has 1 aliphatic heterocycles. The molecule has 0 aliphatic carbocycles. The standard InChI is InChI=1S/C17H20N2O/c1-18-11-6-12-19-13-14-7-2-4-9-16(14)20-17-10-5-3-8-15(17)19/h2-5,7-10,18H,6,11-13H2,1H3. The van der Waals surface area contributed by atoms with Gasteiger partial charge in [0.2, 0.25) is 0 Å². The number of fused-ring (bicyclic) bond motifs is 2. The molecule has 2 aromatic carbocycles. The highest BCUT2D eigenvalue weighted by molar-refractivity contribution is 5.62. The molecular formula is C17H20N2O. The van der Waals surface area contributed by atoms with Gasteiger partial charge >= 0.3 is 0 Å². The number of nitrogens with zero attached hydrogens (tertiary/aromatic N) is 1. The van der Waals surface area contributed by atoms with E-state index in [-0.39, 0.29) is 0 Å². The van der Waals surface area contributed by atoms with E-state index in [0.29, 0.717) is 0 Å². The maximum atomic E-state index is 6.08. The van der Waals surface area contributed by atoms with Crippen LogP contribution in [-0.4, -0.2) is 20.1 Å². The van der Waals surface area contributed by atoms with Crippen LogP contribution >= 0.6 is 0 Å². The normalized spacial score (nSPS) is 13.2.